The van der Waals surface area contributed by atoms with Crippen LogP contribution < -0.4 is 11.5 Å². The van der Waals surface area contributed by atoms with Gasteiger partial charge in [0.1, 0.15) is 6.04 Å². The lowest BCUT2D eigenvalue weighted by atomic mass is 10.1. The molecule has 0 spiro atoms. The maximum atomic E-state index is 11.4. The van der Waals surface area contributed by atoms with Gasteiger partial charge in [0, 0.05) is 6.42 Å². The number of hydrogen-bond acceptors (Lipinski definition) is 5. The van der Waals surface area contributed by atoms with Crippen LogP contribution in [0.3, 0.4) is 0 Å². The Morgan fingerprint density at radius 2 is 1.88 bits per heavy atom. The number of ether oxygens (including phenoxy) is 1. The molecule has 0 amide bonds. The Bertz CT molecular complexity index is 232. The third-order valence-corrected chi connectivity index (χ3v) is 2.47. The van der Waals surface area contributed by atoms with E-state index in [1.54, 1.807) is 0 Å². The molecule has 0 radical (unpaired) electrons. The van der Waals surface area contributed by atoms with Gasteiger partial charge < -0.3 is 16.2 Å². The van der Waals surface area contributed by atoms with E-state index < -0.39 is 18.0 Å². The summed E-state index contributed by atoms with van der Waals surface area (Å²) in [6, 6.07) is -0.678. The Labute approximate surface area is 103 Å². The number of carbonyl (C=O) groups excluding carboxylic acids is 2. The topological polar surface area (TPSA) is 95.4 Å². The molecule has 0 aliphatic heterocycles. The van der Waals surface area contributed by atoms with E-state index in [0.29, 0.717) is 19.4 Å². The maximum absolute atomic E-state index is 11.4. The van der Waals surface area contributed by atoms with Crippen molar-refractivity contribution < 1.29 is 14.3 Å². The summed E-state index contributed by atoms with van der Waals surface area (Å²) >= 11 is 0. The predicted octanol–water partition coefficient (Wildman–Crippen LogP) is 1.09. The Morgan fingerprint density at radius 3 is 2.47 bits per heavy atom. The molecule has 5 heteroatoms. The van der Waals surface area contributed by atoms with E-state index in [-0.39, 0.29) is 6.42 Å². The van der Waals surface area contributed by atoms with Gasteiger partial charge in [-0.05, 0) is 25.8 Å². The minimum atomic E-state index is -0.678. The van der Waals surface area contributed by atoms with Gasteiger partial charge in [-0.1, -0.05) is 26.2 Å². The summed E-state index contributed by atoms with van der Waals surface area (Å²) in [6.45, 7) is 2.64. The molecule has 17 heavy (non-hydrogen) atoms. The molecule has 0 bridgehead atoms. The van der Waals surface area contributed by atoms with Gasteiger partial charge in [0.25, 0.3) is 0 Å². The normalized spacial score (nSPS) is 12.2. The summed E-state index contributed by atoms with van der Waals surface area (Å²) in [6.07, 6.45) is 5.11. The second kappa shape index (κ2) is 10.2. The van der Waals surface area contributed by atoms with Crippen LogP contribution in [0.15, 0.2) is 0 Å². The van der Waals surface area contributed by atoms with Gasteiger partial charge in [0.15, 0.2) is 0 Å². The van der Waals surface area contributed by atoms with Crippen LogP contribution in [-0.2, 0) is 14.3 Å². The average Bonchev–Trinajstić information content (AvgIpc) is 2.31. The van der Waals surface area contributed by atoms with E-state index in [9.17, 15) is 9.59 Å². The molecule has 0 aliphatic rings. The van der Waals surface area contributed by atoms with Crippen molar-refractivity contribution in [2.24, 2.45) is 11.5 Å². The van der Waals surface area contributed by atoms with Crippen molar-refractivity contribution >= 4 is 11.9 Å². The van der Waals surface area contributed by atoms with E-state index in [4.69, 9.17) is 11.5 Å². The molecule has 0 aromatic heterocycles. The number of esters is 2. The Balaban J connectivity index is 3.68. The molecule has 1 atom stereocenters. The molecule has 1 unspecified atom stereocenters. The van der Waals surface area contributed by atoms with Gasteiger partial charge in [-0.2, -0.15) is 0 Å². The van der Waals surface area contributed by atoms with Crippen LogP contribution in [0.4, 0.5) is 0 Å². The number of rotatable bonds is 9. The van der Waals surface area contributed by atoms with E-state index in [0.717, 1.165) is 25.7 Å². The molecule has 0 fully saturated rings. The SMILES string of the molecule is CCCCC(N)C(=O)OC(=O)CCCCCN. The average molecular weight is 244 g/mol. The first-order valence-corrected chi connectivity index (χ1v) is 6.32. The largest absolute Gasteiger partial charge is 0.392 e. The number of nitrogens with two attached hydrogens (primary N) is 2. The first-order chi connectivity index (χ1) is 8.11. The summed E-state index contributed by atoms with van der Waals surface area (Å²) in [5.41, 5.74) is 10.9. The van der Waals surface area contributed by atoms with Crippen molar-refractivity contribution in [3.63, 3.8) is 0 Å². The van der Waals surface area contributed by atoms with Crippen molar-refractivity contribution in [3.05, 3.63) is 0 Å². The van der Waals surface area contributed by atoms with Crippen LogP contribution in [0, 0.1) is 0 Å². The quantitative estimate of drug-likeness (QED) is 0.359. The minimum Gasteiger partial charge on any atom is -0.392 e. The van der Waals surface area contributed by atoms with Crippen molar-refractivity contribution in [2.75, 3.05) is 6.54 Å². The molecule has 100 valence electrons. The number of hydrogen-bond donors (Lipinski definition) is 2. The number of carbonyl (C=O) groups is 2. The fourth-order valence-corrected chi connectivity index (χ4v) is 1.37. The summed E-state index contributed by atoms with van der Waals surface area (Å²) in [5.74, 6) is -1.10. The lowest BCUT2D eigenvalue weighted by Gasteiger charge is -2.09. The first-order valence-electron chi connectivity index (χ1n) is 6.32. The fraction of sp³-hybridized carbons (Fsp3) is 0.833. The molecule has 0 saturated carbocycles. The highest BCUT2D eigenvalue weighted by molar-refractivity contribution is 5.88. The van der Waals surface area contributed by atoms with Gasteiger partial charge in [-0.15, -0.1) is 0 Å². The Morgan fingerprint density at radius 1 is 1.18 bits per heavy atom. The molecule has 5 nitrogen and oxygen atoms in total. The summed E-state index contributed by atoms with van der Waals surface area (Å²) in [7, 11) is 0. The molecule has 0 rings (SSSR count). The van der Waals surface area contributed by atoms with Gasteiger partial charge in [-0.25, -0.2) is 4.79 Å². The van der Waals surface area contributed by atoms with E-state index >= 15 is 0 Å². The Hall–Kier alpha value is -0.940. The predicted molar refractivity (Wildman–Crippen MR) is 66.1 cm³/mol. The highest BCUT2D eigenvalue weighted by Gasteiger charge is 2.17. The monoisotopic (exact) mass is 244 g/mol. The van der Waals surface area contributed by atoms with Gasteiger partial charge in [0.2, 0.25) is 0 Å². The van der Waals surface area contributed by atoms with Crippen LogP contribution in [0.2, 0.25) is 0 Å². The van der Waals surface area contributed by atoms with E-state index in [1.165, 1.54) is 0 Å². The summed E-state index contributed by atoms with van der Waals surface area (Å²) < 4.78 is 4.66. The molecule has 0 aromatic rings. The summed E-state index contributed by atoms with van der Waals surface area (Å²) in [4.78, 5) is 22.6. The third kappa shape index (κ3) is 8.83. The van der Waals surface area contributed by atoms with Crippen molar-refractivity contribution in [1.82, 2.24) is 0 Å². The smallest absolute Gasteiger partial charge is 0.330 e. The van der Waals surface area contributed by atoms with Crippen LogP contribution in [0.5, 0.6) is 0 Å². The highest BCUT2D eigenvalue weighted by atomic mass is 16.6. The minimum absolute atomic E-state index is 0.256. The van der Waals surface area contributed by atoms with Gasteiger partial charge >= 0.3 is 11.9 Å². The molecule has 0 heterocycles. The molecule has 4 N–H and O–H groups in total. The lowest BCUT2D eigenvalue weighted by molar-refractivity contribution is -0.160. The van der Waals surface area contributed by atoms with Crippen LogP contribution in [0.25, 0.3) is 0 Å². The third-order valence-electron chi connectivity index (χ3n) is 2.47. The second-order valence-corrected chi connectivity index (χ2v) is 4.14. The van der Waals surface area contributed by atoms with Crippen molar-refractivity contribution in [3.8, 4) is 0 Å². The fourth-order valence-electron chi connectivity index (χ4n) is 1.37. The van der Waals surface area contributed by atoms with Gasteiger partial charge in [-0.3, -0.25) is 4.79 Å². The van der Waals surface area contributed by atoms with Crippen LogP contribution in [-0.4, -0.2) is 24.5 Å². The standard InChI is InChI=1S/C12H24N2O3/c1-2-3-7-10(14)12(16)17-11(15)8-5-4-6-9-13/h10H,2-9,13-14H2,1H3. The molecule has 0 aromatic carbocycles. The number of unbranched alkanes of at least 4 members (excludes halogenated alkanes) is 3. The zero-order chi connectivity index (χ0) is 13.1. The maximum Gasteiger partial charge on any atom is 0.330 e. The van der Waals surface area contributed by atoms with Crippen molar-refractivity contribution in [1.29, 1.82) is 0 Å². The zero-order valence-electron chi connectivity index (χ0n) is 10.6. The zero-order valence-corrected chi connectivity index (χ0v) is 10.6. The van der Waals surface area contributed by atoms with E-state index in [2.05, 4.69) is 4.74 Å². The van der Waals surface area contributed by atoms with Crippen LogP contribution >= 0.6 is 0 Å². The van der Waals surface area contributed by atoms with Crippen molar-refractivity contribution in [2.45, 2.75) is 57.9 Å². The van der Waals surface area contributed by atoms with Gasteiger partial charge in [0.05, 0.1) is 0 Å². The lowest BCUT2D eigenvalue weighted by Crippen LogP contribution is -2.33. The Kier molecular flexibility index (Phi) is 9.66. The molecule has 0 aliphatic carbocycles. The molecular formula is C12H24N2O3. The molecule has 0 saturated heterocycles. The molecular weight excluding hydrogens is 220 g/mol. The summed E-state index contributed by atoms with van der Waals surface area (Å²) in [5, 5.41) is 0. The first kappa shape index (κ1) is 16.1. The highest BCUT2D eigenvalue weighted by Crippen LogP contribution is 2.04. The van der Waals surface area contributed by atoms with Crippen LogP contribution in [0.1, 0.15) is 51.9 Å². The second-order valence-electron chi connectivity index (χ2n) is 4.14. The van der Waals surface area contributed by atoms with E-state index in [1.807, 2.05) is 6.92 Å².